The summed E-state index contributed by atoms with van der Waals surface area (Å²) in [5.74, 6) is -1.29. The van der Waals surface area contributed by atoms with Crippen LogP contribution in [0.5, 0.6) is 0 Å². The third-order valence-electron chi connectivity index (χ3n) is 1.82. The van der Waals surface area contributed by atoms with Crippen molar-refractivity contribution >= 4 is 11.3 Å². The Balaban J connectivity index is 2.53. The lowest BCUT2D eigenvalue weighted by Gasteiger charge is -1.98. The van der Waals surface area contributed by atoms with Crippen molar-refractivity contribution in [2.24, 2.45) is 5.73 Å². The first-order chi connectivity index (χ1) is 7.22. The summed E-state index contributed by atoms with van der Waals surface area (Å²) < 4.78 is 26.6. The third-order valence-corrected chi connectivity index (χ3v) is 2.78. The van der Waals surface area contributed by atoms with Gasteiger partial charge in [-0.3, -0.25) is 0 Å². The molecule has 0 spiro atoms. The van der Waals surface area contributed by atoms with Crippen LogP contribution < -0.4 is 5.73 Å². The molecule has 3 nitrogen and oxygen atoms in total. The highest BCUT2D eigenvalue weighted by Crippen LogP contribution is 2.28. The zero-order valence-electron chi connectivity index (χ0n) is 7.58. The third kappa shape index (κ3) is 1.86. The number of benzene rings is 1. The topological polar surface area (TPSA) is 51.8 Å². The maximum atomic E-state index is 13.3. The second-order valence-corrected chi connectivity index (χ2v) is 3.86. The lowest BCUT2D eigenvalue weighted by atomic mass is 10.2. The van der Waals surface area contributed by atoms with E-state index in [1.54, 1.807) is 0 Å². The summed E-state index contributed by atoms with van der Waals surface area (Å²) in [6, 6.07) is 3.67. The largest absolute Gasteiger partial charge is 0.324 e. The summed E-state index contributed by atoms with van der Waals surface area (Å²) in [7, 11) is 0. The first-order valence-corrected chi connectivity index (χ1v) is 5.01. The van der Waals surface area contributed by atoms with Crippen LogP contribution in [0.2, 0.25) is 0 Å². The molecule has 6 heteroatoms. The van der Waals surface area contributed by atoms with Crippen LogP contribution in [-0.4, -0.2) is 10.2 Å². The molecule has 2 N–H and O–H groups in total. The zero-order chi connectivity index (χ0) is 10.8. The highest BCUT2D eigenvalue weighted by atomic mass is 32.1. The monoisotopic (exact) mass is 227 g/mol. The Labute approximate surface area is 88.6 Å². The molecule has 0 saturated carbocycles. The highest BCUT2D eigenvalue weighted by Gasteiger charge is 2.15. The molecule has 0 atom stereocenters. The number of nitrogens with zero attached hydrogens (tertiary/aromatic N) is 2. The summed E-state index contributed by atoms with van der Waals surface area (Å²) in [5.41, 5.74) is 5.19. The molecule has 1 aromatic carbocycles. The van der Waals surface area contributed by atoms with Crippen LogP contribution in [0.1, 0.15) is 5.01 Å². The molecule has 0 fully saturated rings. The fourth-order valence-corrected chi connectivity index (χ4v) is 1.91. The van der Waals surface area contributed by atoms with Gasteiger partial charge in [0.05, 0.1) is 5.56 Å². The van der Waals surface area contributed by atoms with Crippen molar-refractivity contribution in [3.63, 3.8) is 0 Å². The van der Waals surface area contributed by atoms with Gasteiger partial charge in [0.15, 0.2) is 5.01 Å². The summed E-state index contributed by atoms with van der Waals surface area (Å²) in [5, 5.41) is 8.15. The van der Waals surface area contributed by atoms with E-state index < -0.39 is 11.6 Å². The predicted molar refractivity (Wildman–Crippen MR) is 53.2 cm³/mol. The number of aromatic nitrogens is 2. The van der Waals surface area contributed by atoms with Gasteiger partial charge in [0.25, 0.3) is 0 Å². The smallest absolute Gasteiger partial charge is 0.153 e. The van der Waals surface area contributed by atoms with E-state index in [-0.39, 0.29) is 17.1 Å². The maximum absolute atomic E-state index is 13.3. The van der Waals surface area contributed by atoms with Gasteiger partial charge in [-0.05, 0) is 12.1 Å². The van der Waals surface area contributed by atoms with Crippen molar-refractivity contribution in [1.82, 2.24) is 10.2 Å². The van der Waals surface area contributed by atoms with E-state index in [0.29, 0.717) is 5.01 Å². The van der Waals surface area contributed by atoms with Crippen LogP contribution in [0, 0.1) is 11.6 Å². The Morgan fingerprint density at radius 1 is 1.20 bits per heavy atom. The lowest BCUT2D eigenvalue weighted by Crippen LogP contribution is -1.94. The Bertz CT molecular complexity index is 464. The first kappa shape index (κ1) is 10.1. The second kappa shape index (κ2) is 4.00. The van der Waals surface area contributed by atoms with Gasteiger partial charge in [-0.15, -0.1) is 10.2 Å². The number of rotatable bonds is 2. The lowest BCUT2D eigenvalue weighted by molar-refractivity contribution is 0.589. The van der Waals surface area contributed by atoms with Gasteiger partial charge >= 0.3 is 0 Å². The van der Waals surface area contributed by atoms with Gasteiger partial charge in [-0.25, -0.2) is 8.78 Å². The molecule has 0 amide bonds. The number of hydrogen-bond acceptors (Lipinski definition) is 4. The van der Waals surface area contributed by atoms with Crippen molar-refractivity contribution in [2.75, 3.05) is 0 Å². The molecule has 0 aliphatic rings. The van der Waals surface area contributed by atoms with Crippen LogP contribution >= 0.6 is 11.3 Å². The van der Waals surface area contributed by atoms with Crippen molar-refractivity contribution in [1.29, 1.82) is 0 Å². The fraction of sp³-hybridized carbons (Fsp3) is 0.111. The summed E-state index contributed by atoms with van der Waals surface area (Å²) >= 11 is 1.09. The maximum Gasteiger partial charge on any atom is 0.153 e. The standard InChI is InChI=1S/C9H7F2N3S/c10-5-2-1-3-6(11)8(5)9-14-13-7(4-12)15-9/h1-3H,4,12H2. The Hall–Kier alpha value is -1.40. The number of nitrogens with two attached hydrogens (primary N) is 1. The van der Waals surface area contributed by atoms with E-state index in [1.165, 1.54) is 18.2 Å². The highest BCUT2D eigenvalue weighted by molar-refractivity contribution is 7.14. The van der Waals surface area contributed by atoms with Crippen molar-refractivity contribution in [3.05, 3.63) is 34.8 Å². The molecule has 1 aromatic heterocycles. The van der Waals surface area contributed by atoms with Crippen LogP contribution in [-0.2, 0) is 6.54 Å². The molecule has 0 radical (unpaired) electrons. The minimum Gasteiger partial charge on any atom is -0.324 e. The van der Waals surface area contributed by atoms with Gasteiger partial charge in [0.2, 0.25) is 0 Å². The zero-order valence-corrected chi connectivity index (χ0v) is 8.39. The second-order valence-electron chi connectivity index (χ2n) is 2.80. The molecule has 0 unspecified atom stereocenters. The molecule has 1 heterocycles. The average Bonchev–Trinajstić information content (AvgIpc) is 2.66. The van der Waals surface area contributed by atoms with Gasteiger partial charge in [0.1, 0.15) is 16.6 Å². The number of hydrogen-bond donors (Lipinski definition) is 1. The molecule has 0 aliphatic carbocycles. The van der Waals surface area contributed by atoms with Crippen LogP contribution in [0.4, 0.5) is 8.78 Å². The van der Waals surface area contributed by atoms with Gasteiger partial charge < -0.3 is 5.73 Å². The minimum atomic E-state index is -0.644. The normalized spacial score (nSPS) is 10.6. The molecular formula is C9H7F2N3S. The van der Waals surface area contributed by atoms with Gasteiger partial charge in [-0.1, -0.05) is 17.4 Å². The van der Waals surface area contributed by atoms with Crippen LogP contribution in [0.15, 0.2) is 18.2 Å². The van der Waals surface area contributed by atoms with E-state index in [9.17, 15) is 8.78 Å². The van der Waals surface area contributed by atoms with Gasteiger partial charge in [-0.2, -0.15) is 0 Å². The Morgan fingerprint density at radius 2 is 1.87 bits per heavy atom. The SMILES string of the molecule is NCc1nnc(-c2c(F)cccc2F)s1. The Morgan fingerprint density at radius 3 is 2.40 bits per heavy atom. The van der Waals surface area contributed by atoms with E-state index in [4.69, 9.17) is 5.73 Å². The summed E-state index contributed by atoms with van der Waals surface area (Å²) in [4.78, 5) is 0. The van der Waals surface area contributed by atoms with Crippen LogP contribution in [0.3, 0.4) is 0 Å². The molecule has 0 saturated heterocycles. The average molecular weight is 227 g/mol. The molecule has 2 aromatic rings. The van der Waals surface area contributed by atoms with E-state index in [0.717, 1.165) is 11.3 Å². The molecule has 0 aliphatic heterocycles. The molecular weight excluding hydrogens is 220 g/mol. The molecule has 78 valence electrons. The first-order valence-electron chi connectivity index (χ1n) is 4.19. The molecule has 15 heavy (non-hydrogen) atoms. The molecule has 0 bridgehead atoms. The quantitative estimate of drug-likeness (QED) is 0.853. The fourth-order valence-electron chi connectivity index (χ4n) is 1.14. The van der Waals surface area contributed by atoms with Crippen LogP contribution in [0.25, 0.3) is 10.6 Å². The number of halogens is 2. The predicted octanol–water partition coefficient (Wildman–Crippen LogP) is 1.94. The van der Waals surface area contributed by atoms with Crippen molar-refractivity contribution in [2.45, 2.75) is 6.54 Å². The minimum absolute atomic E-state index is 0.144. The molecule has 2 rings (SSSR count). The Kier molecular flexibility index (Phi) is 2.70. The van der Waals surface area contributed by atoms with Crippen molar-refractivity contribution in [3.8, 4) is 10.6 Å². The van der Waals surface area contributed by atoms with E-state index in [1.807, 2.05) is 0 Å². The van der Waals surface area contributed by atoms with E-state index in [2.05, 4.69) is 10.2 Å². The summed E-state index contributed by atoms with van der Waals surface area (Å²) in [6.07, 6.45) is 0. The van der Waals surface area contributed by atoms with E-state index >= 15 is 0 Å². The van der Waals surface area contributed by atoms with Crippen molar-refractivity contribution < 1.29 is 8.78 Å². The summed E-state index contributed by atoms with van der Waals surface area (Å²) in [6.45, 7) is 0.216. The van der Waals surface area contributed by atoms with Gasteiger partial charge in [0, 0.05) is 6.54 Å².